The molecular weight excluding hydrogens is 542 g/mol. The molecule has 6 rings (SSSR count). The van der Waals surface area contributed by atoms with Crippen LogP contribution in [0.5, 0.6) is 0 Å². The van der Waals surface area contributed by atoms with Gasteiger partial charge in [0.2, 0.25) is 0 Å². The summed E-state index contributed by atoms with van der Waals surface area (Å²) in [7, 11) is 0. The molecule has 11 heteroatoms. The standard InChI is InChI=1S/C27H22ClF4N3O2S/c28-17-10-15(14-5-6-14)9-16(11-17)26(27(30,31)32)12-21(35-37-26)23-19-3-1-2-4-20(19)24(38-23)25(36)34-22-8-7-18(29)13-33-22/h7-11,13-14H,1-6,12H2,(H,33,34,36). The second-order valence-corrected chi connectivity index (χ2v) is 11.4. The average molecular weight is 564 g/mol. The fourth-order valence-electron chi connectivity index (χ4n) is 5.19. The zero-order valence-electron chi connectivity index (χ0n) is 20.0. The van der Waals surface area contributed by atoms with E-state index in [1.807, 2.05) is 0 Å². The SMILES string of the molecule is O=C(Nc1ccc(F)cn1)c1sc(C2=NOC(c3cc(Cl)cc(C4CC4)c3)(C(F)(F)F)C2)c2c1CCCC2. The van der Waals surface area contributed by atoms with Gasteiger partial charge in [-0.15, -0.1) is 11.3 Å². The van der Waals surface area contributed by atoms with Crippen molar-refractivity contribution in [2.24, 2.45) is 5.16 Å². The highest BCUT2D eigenvalue weighted by Crippen LogP contribution is 2.52. The van der Waals surface area contributed by atoms with Crippen molar-refractivity contribution >= 4 is 40.4 Å². The van der Waals surface area contributed by atoms with Crippen molar-refractivity contribution in [3.63, 3.8) is 0 Å². The zero-order chi connectivity index (χ0) is 26.7. The highest BCUT2D eigenvalue weighted by molar-refractivity contribution is 7.16. The Bertz CT molecular complexity index is 1450. The molecule has 1 fully saturated rings. The van der Waals surface area contributed by atoms with Gasteiger partial charge in [-0.2, -0.15) is 13.2 Å². The summed E-state index contributed by atoms with van der Waals surface area (Å²) in [6, 6.07) is 7.08. The largest absolute Gasteiger partial charge is 0.435 e. The van der Waals surface area contributed by atoms with Crippen LogP contribution in [0.15, 0.2) is 41.7 Å². The molecule has 2 aliphatic carbocycles. The first-order valence-corrected chi connectivity index (χ1v) is 13.5. The van der Waals surface area contributed by atoms with Gasteiger partial charge in [0.1, 0.15) is 17.3 Å². The quantitative estimate of drug-likeness (QED) is 0.326. The number of carbonyl (C=O) groups is 1. The first-order chi connectivity index (χ1) is 18.1. The number of thiophene rings is 1. The fraction of sp³-hybridized carbons (Fsp3) is 0.370. The van der Waals surface area contributed by atoms with Crippen LogP contribution in [0.1, 0.15) is 74.8 Å². The van der Waals surface area contributed by atoms with E-state index in [4.69, 9.17) is 16.4 Å². The van der Waals surface area contributed by atoms with E-state index in [0.29, 0.717) is 22.6 Å². The molecule has 38 heavy (non-hydrogen) atoms. The number of amides is 1. The maximum absolute atomic E-state index is 14.7. The molecule has 1 amide bonds. The number of benzene rings is 1. The van der Waals surface area contributed by atoms with Crippen LogP contribution >= 0.6 is 22.9 Å². The third-order valence-electron chi connectivity index (χ3n) is 7.28. The molecule has 198 valence electrons. The van der Waals surface area contributed by atoms with Crippen molar-refractivity contribution in [1.29, 1.82) is 0 Å². The second kappa shape index (κ2) is 9.34. The van der Waals surface area contributed by atoms with Crippen molar-refractivity contribution < 1.29 is 27.2 Å². The predicted molar refractivity (Wildman–Crippen MR) is 137 cm³/mol. The molecule has 3 aromatic rings. The average Bonchev–Trinajstić information content (AvgIpc) is 3.51. The molecule has 3 heterocycles. The van der Waals surface area contributed by atoms with Crippen LogP contribution in [-0.2, 0) is 23.3 Å². The number of oxime groups is 1. The predicted octanol–water partition coefficient (Wildman–Crippen LogP) is 7.53. The lowest BCUT2D eigenvalue weighted by Gasteiger charge is -2.30. The molecule has 0 bridgehead atoms. The summed E-state index contributed by atoms with van der Waals surface area (Å²) in [5, 5.41) is 6.87. The van der Waals surface area contributed by atoms with Gasteiger partial charge in [-0.05, 0) is 85.4 Å². The Hall–Kier alpha value is -2.98. The Morgan fingerprint density at radius 3 is 2.58 bits per heavy atom. The zero-order valence-corrected chi connectivity index (χ0v) is 21.6. The van der Waals surface area contributed by atoms with Crippen LogP contribution in [0.3, 0.4) is 0 Å². The number of hydrogen-bond donors (Lipinski definition) is 1. The van der Waals surface area contributed by atoms with E-state index in [1.54, 1.807) is 6.07 Å². The lowest BCUT2D eigenvalue weighted by Crippen LogP contribution is -2.42. The van der Waals surface area contributed by atoms with Crippen LogP contribution in [0.2, 0.25) is 5.02 Å². The number of alkyl halides is 3. The maximum Gasteiger partial charge on any atom is 0.435 e. The molecule has 1 saturated carbocycles. The summed E-state index contributed by atoms with van der Waals surface area (Å²) in [5.41, 5.74) is -0.148. The number of rotatable bonds is 5. The van der Waals surface area contributed by atoms with Gasteiger partial charge < -0.3 is 10.2 Å². The van der Waals surface area contributed by atoms with Gasteiger partial charge in [0, 0.05) is 10.6 Å². The first-order valence-electron chi connectivity index (χ1n) is 12.4. The van der Waals surface area contributed by atoms with Gasteiger partial charge in [0.05, 0.1) is 22.4 Å². The topological polar surface area (TPSA) is 63.6 Å². The van der Waals surface area contributed by atoms with Crippen LogP contribution in [0.25, 0.3) is 0 Å². The summed E-state index contributed by atoms with van der Waals surface area (Å²) in [6.07, 6.45) is 0.533. The van der Waals surface area contributed by atoms with Gasteiger partial charge in [-0.25, -0.2) is 9.37 Å². The van der Waals surface area contributed by atoms with E-state index in [2.05, 4.69) is 15.5 Å². The minimum Gasteiger partial charge on any atom is -0.374 e. The summed E-state index contributed by atoms with van der Waals surface area (Å²) in [4.78, 5) is 23.3. The van der Waals surface area contributed by atoms with E-state index >= 15 is 0 Å². The highest BCUT2D eigenvalue weighted by Gasteiger charge is 2.63. The normalized spacial score (nSPS) is 21.0. The van der Waals surface area contributed by atoms with Gasteiger partial charge in [0.15, 0.2) is 0 Å². The monoisotopic (exact) mass is 563 g/mol. The maximum atomic E-state index is 14.7. The van der Waals surface area contributed by atoms with Crippen molar-refractivity contribution in [2.45, 2.75) is 62.6 Å². The van der Waals surface area contributed by atoms with Crippen LogP contribution in [-0.4, -0.2) is 22.8 Å². The number of aromatic nitrogens is 1. The van der Waals surface area contributed by atoms with Gasteiger partial charge in [-0.1, -0.05) is 22.8 Å². The molecule has 0 radical (unpaired) electrons. The van der Waals surface area contributed by atoms with Crippen molar-refractivity contribution in [2.75, 3.05) is 5.32 Å². The number of halogens is 5. The molecule has 0 spiro atoms. The Balaban J connectivity index is 1.35. The van der Waals surface area contributed by atoms with Gasteiger partial charge in [-0.3, -0.25) is 4.79 Å². The molecule has 1 aliphatic heterocycles. The molecule has 1 unspecified atom stereocenters. The van der Waals surface area contributed by atoms with E-state index in [1.165, 1.54) is 24.3 Å². The smallest absolute Gasteiger partial charge is 0.374 e. The number of nitrogens with one attached hydrogen (secondary N) is 1. The summed E-state index contributed by atoms with van der Waals surface area (Å²) in [6.45, 7) is 0. The third-order valence-corrected chi connectivity index (χ3v) is 8.82. The fourth-order valence-corrected chi connectivity index (χ4v) is 6.71. The highest BCUT2D eigenvalue weighted by atomic mass is 35.5. The van der Waals surface area contributed by atoms with Gasteiger partial charge in [0.25, 0.3) is 11.5 Å². The summed E-state index contributed by atoms with van der Waals surface area (Å²) in [5.74, 6) is -0.583. The number of anilines is 1. The number of carbonyl (C=O) groups excluding carboxylic acids is 1. The summed E-state index contributed by atoms with van der Waals surface area (Å²) < 4.78 is 57.3. The minimum atomic E-state index is -4.75. The minimum absolute atomic E-state index is 0.0658. The number of nitrogens with zero attached hydrogens (tertiary/aromatic N) is 2. The lowest BCUT2D eigenvalue weighted by molar-refractivity contribution is -0.275. The van der Waals surface area contributed by atoms with Crippen molar-refractivity contribution in [1.82, 2.24) is 4.98 Å². The van der Waals surface area contributed by atoms with Crippen molar-refractivity contribution in [3.05, 3.63) is 79.4 Å². The third kappa shape index (κ3) is 4.47. The lowest BCUT2D eigenvalue weighted by atomic mass is 9.84. The van der Waals surface area contributed by atoms with E-state index in [-0.39, 0.29) is 28.0 Å². The van der Waals surface area contributed by atoms with E-state index in [0.717, 1.165) is 59.9 Å². The molecule has 3 aliphatic rings. The van der Waals surface area contributed by atoms with E-state index in [9.17, 15) is 22.4 Å². The second-order valence-electron chi connectivity index (χ2n) is 9.92. The molecule has 1 N–H and O–H groups in total. The molecule has 2 aromatic heterocycles. The molecule has 1 atom stereocenters. The van der Waals surface area contributed by atoms with Crippen molar-refractivity contribution in [3.8, 4) is 0 Å². The van der Waals surface area contributed by atoms with Crippen LogP contribution < -0.4 is 5.32 Å². The Morgan fingerprint density at radius 2 is 1.89 bits per heavy atom. The number of hydrogen-bond acceptors (Lipinski definition) is 5. The first kappa shape index (κ1) is 25.3. The van der Waals surface area contributed by atoms with Crippen LogP contribution in [0, 0.1) is 5.82 Å². The molecule has 5 nitrogen and oxygen atoms in total. The Labute approximate surface area is 224 Å². The molecular formula is C27H22ClF4N3O2S. The van der Waals surface area contributed by atoms with Crippen LogP contribution in [0.4, 0.5) is 23.4 Å². The number of fused-ring (bicyclic) bond motifs is 1. The Kier molecular flexibility index (Phi) is 6.22. The number of pyridine rings is 1. The van der Waals surface area contributed by atoms with Gasteiger partial charge >= 0.3 is 6.18 Å². The summed E-state index contributed by atoms with van der Waals surface area (Å²) >= 11 is 7.36. The van der Waals surface area contributed by atoms with E-state index < -0.39 is 29.9 Å². The Morgan fingerprint density at radius 1 is 1.13 bits per heavy atom. The molecule has 1 aromatic carbocycles. The molecule has 0 saturated heterocycles.